The number of nitrogens with zero attached hydrogens (tertiary/aromatic N) is 4. The zero-order chi connectivity index (χ0) is 14.4. The Morgan fingerprint density at radius 2 is 2.20 bits per heavy atom. The number of rotatable bonds is 2. The van der Waals surface area contributed by atoms with Crippen LogP contribution in [0.5, 0.6) is 0 Å². The van der Waals surface area contributed by atoms with Crippen molar-refractivity contribution in [2.75, 3.05) is 12.3 Å². The number of hydrogen-bond acceptors (Lipinski definition) is 8. The summed E-state index contributed by atoms with van der Waals surface area (Å²) in [5.41, 5.74) is 5.26. The topological polar surface area (TPSA) is 163 Å². The van der Waals surface area contributed by atoms with Crippen LogP contribution in [-0.4, -0.2) is 59.1 Å². The molecule has 1 aliphatic carbocycles. The number of nitrogens with one attached hydrogen (secondary N) is 1. The molecule has 0 radical (unpaired) electrons. The first-order chi connectivity index (χ1) is 9.52. The number of aromatic amines is 1. The molecule has 0 unspecified atom stereocenters. The second-order valence-electron chi connectivity index (χ2n) is 4.48. The lowest BCUT2D eigenvalue weighted by Crippen LogP contribution is -2.30. The molecule has 106 valence electrons. The fraction of sp³-hybridized carbons (Fsp3) is 0.400. The van der Waals surface area contributed by atoms with Crippen LogP contribution in [0.25, 0.3) is 11.2 Å². The highest BCUT2D eigenvalue weighted by Gasteiger charge is 2.37. The van der Waals surface area contributed by atoms with E-state index in [0.717, 1.165) is 0 Å². The summed E-state index contributed by atoms with van der Waals surface area (Å²) in [5.74, 6) is -0.106. The van der Waals surface area contributed by atoms with Crippen molar-refractivity contribution < 1.29 is 15.3 Å². The van der Waals surface area contributed by atoms with Gasteiger partial charge in [0.25, 0.3) is 5.56 Å². The quantitative estimate of drug-likeness (QED) is 0.371. The number of fused-ring (bicyclic) bond motifs is 1. The normalized spacial score (nSPS) is 26.1. The van der Waals surface area contributed by atoms with Crippen molar-refractivity contribution in [3.63, 3.8) is 0 Å². The predicted molar refractivity (Wildman–Crippen MR) is 66.6 cm³/mol. The van der Waals surface area contributed by atoms with Gasteiger partial charge in [-0.3, -0.25) is 9.78 Å². The molecule has 0 aromatic carbocycles. The first-order valence-corrected chi connectivity index (χ1v) is 5.81. The first-order valence-electron chi connectivity index (χ1n) is 5.81. The smallest absolute Gasteiger partial charge is 0.282 e. The molecule has 0 amide bonds. The van der Waals surface area contributed by atoms with Crippen LogP contribution in [0.1, 0.15) is 6.04 Å². The second-order valence-corrected chi connectivity index (χ2v) is 4.48. The van der Waals surface area contributed by atoms with Gasteiger partial charge in [0.05, 0.1) is 6.61 Å². The van der Waals surface area contributed by atoms with Gasteiger partial charge in [0, 0.05) is 0 Å². The van der Waals surface area contributed by atoms with Crippen molar-refractivity contribution in [1.82, 2.24) is 25.0 Å². The Labute approximate surface area is 111 Å². The van der Waals surface area contributed by atoms with E-state index in [1.165, 1.54) is 10.8 Å². The predicted octanol–water partition coefficient (Wildman–Crippen LogP) is -2.71. The van der Waals surface area contributed by atoms with E-state index in [9.17, 15) is 15.0 Å². The average Bonchev–Trinajstić information content (AvgIpc) is 2.93. The van der Waals surface area contributed by atoms with Gasteiger partial charge in [-0.15, -0.1) is 5.10 Å². The lowest BCUT2D eigenvalue weighted by atomic mass is 10.1. The summed E-state index contributed by atoms with van der Waals surface area (Å²) >= 11 is 0. The molecule has 20 heavy (non-hydrogen) atoms. The van der Waals surface area contributed by atoms with Crippen LogP contribution >= 0.6 is 0 Å². The zero-order valence-corrected chi connectivity index (χ0v) is 10.1. The summed E-state index contributed by atoms with van der Waals surface area (Å²) in [4.78, 5) is 17.8. The molecule has 10 heteroatoms. The Morgan fingerprint density at radius 1 is 1.45 bits per heavy atom. The molecule has 3 rings (SSSR count). The van der Waals surface area contributed by atoms with E-state index in [4.69, 9.17) is 10.8 Å². The number of anilines is 1. The number of nitrogens with two attached hydrogens (primary N) is 1. The molecule has 0 saturated carbocycles. The summed E-state index contributed by atoms with van der Waals surface area (Å²) in [6, 6.07) is -0.786. The van der Waals surface area contributed by atoms with E-state index < -0.39 is 30.4 Å². The number of aliphatic hydroxyl groups is 3. The molecular formula is C10H12N6O4. The van der Waals surface area contributed by atoms with Crippen molar-refractivity contribution in [3.8, 4) is 0 Å². The molecule has 3 atom stereocenters. The fourth-order valence-corrected chi connectivity index (χ4v) is 2.24. The summed E-state index contributed by atoms with van der Waals surface area (Å²) < 4.78 is 1.19. The average molecular weight is 280 g/mol. The standard InChI is InChI=1S/C10H12N6O4/c11-10-12-8-5(9(20)13-10)14-15-16(8)4-1-3(2-17)6(18)7(4)19/h1,4,6-7,17-19H,2H2,(H3,11,12,13,20)/t4-,6-,7+/m1/s1. The molecule has 2 aromatic rings. The molecule has 0 aliphatic heterocycles. The minimum absolute atomic E-state index is 0.0215. The molecule has 0 spiro atoms. The summed E-state index contributed by atoms with van der Waals surface area (Å²) in [6.07, 6.45) is -0.962. The number of hydrogen-bond donors (Lipinski definition) is 5. The Morgan fingerprint density at radius 3 is 2.85 bits per heavy atom. The highest BCUT2D eigenvalue weighted by atomic mass is 16.3. The third kappa shape index (κ3) is 1.70. The molecule has 2 heterocycles. The van der Waals surface area contributed by atoms with E-state index in [1.54, 1.807) is 0 Å². The number of nitrogen functional groups attached to an aromatic ring is 1. The van der Waals surface area contributed by atoms with Crippen LogP contribution in [0.4, 0.5) is 5.95 Å². The molecule has 10 nitrogen and oxygen atoms in total. The van der Waals surface area contributed by atoms with Crippen LogP contribution in [0.3, 0.4) is 0 Å². The van der Waals surface area contributed by atoms with E-state index in [-0.39, 0.29) is 22.7 Å². The van der Waals surface area contributed by atoms with Gasteiger partial charge >= 0.3 is 0 Å². The van der Waals surface area contributed by atoms with Crippen LogP contribution in [-0.2, 0) is 0 Å². The van der Waals surface area contributed by atoms with Crippen molar-refractivity contribution in [2.24, 2.45) is 0 Å². The second kappa shape index (κ2) is 4.37. The third-order valence-electron chi connectivity index (χ3n) is 3.26. The highest BCUT2D eigenvalue weighted by Crippen LogP contribution is 2.29. The van der Waals surface area contributed by atoms with Crippen LogP contribution < -0.4 is 11.3 Å². The van der Waals surface area contributed by atoms with Gasteiger partial charge in [0.2, 0.25) is 5.95 Å². The van der Waals surface area contributed by atoms with Crippen LogP contribution in [0.15, 0.2) is 16.4 Å². The molecule has 0 saturated heterocycles. The maximum atomic E-state index is 11.6. The van der Waals surface area contributed by atoms with Crippen molar-refractivity contribution in [3.05, 3.63) is 22.0 Å². The van der Waals surface area contributed by atoms with Gasteiger partial charge in [-0.1, -0.05) is 11.3 Å². The van der Waals surface area contributed by atoms with Crippen molar-refractivity contribution in [2.45, 2.75) is 18.2 Å². The maximum absolute atomic E-state index is 11.6. The van der Waals surface area contributed by atoms with Crippen molar-refractivity contribution >= 4 is 17.1 Å². The third-order valence-corrected chi connectivity index (χ3v) is 3.26. The maximum Gasteiger partial charge on any atom is 0.282 e. The lowest BCUT2D eigenvalue weighted by molar-refractivity contribution is 0.0261. The lowest BCUT2D eigenvalue weighted by Gasteiger charge is -2.17. The molecule has 2 aromatic heterocycles. The SMILES string of the molecule is Nc1nc2c(nnn2[C@@H]2C=C(CO)[C@@H](O)[C@H]2O)c(=O)[nH]1. The Kier molecular flexibility index (Phi) is 2.78. The monoisotopic (exact) mass is 280 g/mol. The summed E-state index contributed by atoms with van der Waals surface area (Å²) in [6.45, 7) is -0.391. The van der Waals surface area contributed by atoms with Gasteiger partial charge in [-0.05, 0) is 5.57 Å². The number of aromatic nitrogens is 5. The van der Waals surface area contributed by atoms with Gasteiger partial charge in [0.15, 0.2) is 11.2 Å². The highest BCUT2D eigenvalue weighted by molar-refractivity contribution is 5.69. The molecule has 6 N–H and O–H groups in total. The molecule has 0 bridgehead atoms. The fourth-order valence-electron chi connectivity index (χ4n) is 2.24. The Bertz CT molecular complexity index is 750. The molecule has 1 aliphatic rings. The van der Waals surface area contributed by atoms with E-state index in [1.807, 2.05) is 0 Å². The van der Waals surface area contributed by atoms with Crippen molar-refractivity contribution in [1.29, 1.82) is 0 Å². The van der Waals surface area contributed by atoms with Crippen LogP contribution in [0, 0.1) is 0 Å². The number of aliphatic hydroxyl groups excluding tert-OH is 3. The Hall–Kier alpha value is -2.30. The van der Waals surface area contributed by atoms with E-state index >= 15 is 0 Å². The zero-order valence-electron chi connectivity index (χ0n) is 10.1. The largest absolute Gasteiger partial charge is 0.392 e. The van der Waals surface area contributed by atoms with Gasteiger partial charge < -0.3 is 21.1 Å². The summed E-state index contributed by atoms with van der Waals surface area (Å²) in [5, 5.41) is 36.3. The molecular weight excluding hydrogens is 268 g/mol. The Balaban J connectivity index is 2.16. The van der Waals surface area contributed by atoms with Gasteiger partial charge in [-0.25, -0.2) is 4.68 Å². The first kappa shape index (κ1) is 12.7. The molecule has 0 fully saturated rings. The van der Waals surface area contributed by atoms with Crippen LogP contribution in [0.2, 0.25) is 0 Å². The van der Waals surface area contributed by atoms with Gasteiger partial charge in [-0.2, -0.15) is 4.98 Å². The van der Waals surface area contributed by atoms with Gasteiger partial charge in [0.1, 0.15) is 18.2 Å². The minimum atomic E-state index is -1.22. The van der Waals surface area contributed by atoms with E-state index in [2.05, 4.69) is 20.3 Å². The minimum Gasteiger partial charge on any atom is -0.392 e. The summed E-state index contributed by atoms with van der Waals surface area (Å²) in [7, 11) is 0. The van der Waals surface area contributed by atoms with E-state index in [0.29, 0.717) is 0 Å². The number of H-pyrrole nitrogens is 1.